The van der Waals surface area contributed by atoms with Gasteiger partial charge in [0.05, 0.1) is 24.1 Å². The second kappa shape index (κ2) is 5.17. The Balaban J connectivity index is 3.40. The van der Waals surface area contributed by atoms with Gasteiger partial charge in [-0.15, -0.1) is 0 Å². The molecule has 4 N–H and O–H groups in total. The number of halogens is 2. The molecule has 0 spiro atoms. The molecule has 5 nitrogen and oxygen atoms in total. The van der Waals surface area contributed by atoms with Crippen LogP contribution in [0.3, 0.4) is 0 Å². The first kappa shape index (κ1) is 13.5. The van der Waals surface area contributed by atoms with E-state index in [1.807, 2.05) is 45.2 Å². The number of nitrogens with one attached hydrogen (secondary N) is 1. The highest BCUT2D eigenvalue weighted by atomic mass is 127. The van der Waals surface area contributed by atoms with Gasteiger partial charge in [0.15, 0.2) is 0 Å². The summed E-state index contributed by atoms with van der Waals surface area (Å²) in [5.41, 5.74) is 6.64. The summed E-state index contributed by atoms with van der Waals surface area (Å²) < 4.78 is 1.12. The molecular formula is C9H8I2N2O3. The van der Waals surface area contributed by atoms with E-state index in [0.29, 0.717) is 18.5 Å². The number of carbonyl (C=O) groups is 2. The topological polar surface area (TPSA) is 92.4 Å². The van der Waals surface area contributed by atoms with Gasteiger partial charge >= 0.3 is 5.97 Å². The van der Waals surface area contributed by atoms with Crippen molar-refractivity contribution in [1.29, 1.82) is 0 Å². The molecule has 0 fully saturated rings. The predicted molar refractivity (Wildman–Crippen MR) is 77.6 cm³/mol. The number of hydrogen-bond donors (Lipinski definition) is 3. The molecule has 7 heteroatoms. The molecule has 1 amide bonds. The van der Waals surface area contributed by atoms with Crippen LogP contribution in [-0.2, 0) is 4.79 Å². The zero-order valence-corrected chi connectivity index (χ0v) is 12.5. The van der Waals surface area contributed by atoms with Crippen molar-refractivity contribution in [1.82, 2.24) is 0 Å². The average molecular weight is 446 g/mol. The van der Waals surface area contributed by atoms with E-state index in [2.05, 4.69) is 5.32 Å². The minimum Gasteiger partial charge on any atom is -0.478 e. The largest absolute Gasteiger partial charge is 0.478 e. The number of nitrogens with two attached hydrogens (primary N) is 1. The quantitative estimate of drug-likeness (QED) is 0.480. The third kappa shape index (κ3) is 2.75. The van der Waals surface area contributed by atoms with Gasteiger partial charge in [-0.05, 0) is 51.2 Å². The number of rotatable bonds is 2. The van der Waals surface area contributed by atoms with Gasteiger partial charge in [-0.3, -0.25) is 4.79 Å². The monoisotopic (exact) mass is 446 g/mol. The first-order chi connectivity index (χ1) is 7.34. The van der Waals surface area contributed by atoms with Crippen LogP contribution in [0.15, 0.2) is 6.07 Å². The van der Waals surface area contributed by atoms with Gasteiger partial charge in [-0.25, -0.2) is 4.79 Å². The van der Waals surface area contributed by atoms with E-state index in [1.54, 1.807) is 0 Å². The highest BCUT2D eigenvalue weighted by Crippen LogP contribution is 2.31. The Morgan fingerprint density at radius 1 is 1.38 bits per heavy atom. The lowest BCUT2D eigenvalue weighted by Crippen LogP contribution is -2.12. The lowest BCUT2D eigenvalue weighted by molar-refractivity contribution is -0.114. The fourth-order valence-corrected chi connectivity index (χ4v) is 2.83. The van der Waals surface area contributed by atoms with Gasteiger partial charge in [0, 0.05) is 6.92 Å². The summed E-state index contributed by atoms with van der Waals surface area (Å²) in [5.74, 6) is -1.34. The van der Waals surface area contributed by atoms with Gasteiger partial charge in [-0.1, -0.05) is 0 Å². The van der Waals surface area contributed by atoms with Crippen LogP contribution in [0, 0.1) is 7.14 Å². The minimum atomic E-state index is -1.07. The number of amides is 1. The molecule has 0 aliphatic carbocycles. The summed E-state index contributed by atoms with van der Waals surface area (Å²) in [6.07, 6.45) is 0. The Labute approximate surface area is 119 Å². The molecule has 0 aromatic heterocycles. The van der Waals surface area contributed by atoms with Crippen molar-refractivity contribution in [3.05, 3.63) is 18.8 Å². The van der Waals surface area contributed by atoms with Gasteiger partial charge in [0.1, 0.15) is 0 Å². The number of hydrogen-bond acceptors (Lipinski definition) is 3. The first-order valence-electron chi connectivity index (χ1n) is 4.13. The fraction of sp³-hybridized carbons (Fsp3) is 0.111. The first-order valence-corrected chi connectivity index (χ1v) is 6.28. The maximum Gasteiger partial charge on any atom is 0.336 e. The van der Waals surface area contributed by atoms with Crippen molar-refractivity contribution in [2.45, 2.75) is 6.92 Å². The molecule has 0 bridgehead atoms. The second-order valence-corrected chi connectivity index (χ2v) is 5.16. The molecule has 0 aliphatic heterocycles. The lowest BCUT2D eigenvalue weighted by atomic mass is 10.1. The molecule has 0 saturated carbocycles. The molecule has 0 atom stereocenters. The summed E-state index contributed by atoms with van der Waals surface area (Å²) in [4.78, 5) is 21.9. The van der Waals surface area contributed by atoms with Gasteiger partial charge in [0.2, 0.25) is 5.91 Å². The van der Waals surface area contributed by atoms with Crippen molar-refractivity contribution in [2.24, 2.45) is 0 Å². The van der Waals surface area contributed by atoms with Crippen molar-refractivity contribution in [3.63, 3.8) is 0 Å². The van der Waals surface area contributed by atoms with E-state index >= 15 is 0 Å². The smallest absolute Gasteiger partial charge is 0.336 e. The zero-order valence-electron chi connectivity index (χ0n) is 8.17. The van der Waals surface area contributed by atoms with Crippen molar-refractivity contribution in [3.8, 4) is 0 Å². The standard InChI is InChI=1S/C9H8I2N2O3/c1-3(14)13-5-2-4(9(15)16)6(10)8(12)7(5)11/h2H,12H2,1H3,(H,13,14)(H,15,16). The second-order valence-electron chi connectivity index (χ2n) is 3.00. The third-order valence-corrected chi connectivity index (χ3v) is 4.10. The molecule has 16 heavy (non-hydrogen) atoms. The summed E-state index contributed by atoms with van der Waals surface area (Å²) in [6, 6.07) is 1.41. The molecule has 0 aliphatic rings. The molecule has 86 valence electrons. The Morgan fingerprint density at radius 3 is 2.38 bits per heavy atom. The van der Waals surface area contributed by atoms with Crippen LogP contribution in [0.2, 0.25) is 0 Å². The predicted octanol–water partition coefficient (Wildman–Crippen LogP) is 2.13. The van der Waals surface area contributed by atoms with Crippen LogP contribution in [0.4, 0.5) is 11.4 Å². The highest BCUT2D eigenvalue weighted by Gasteiger charge is 2.17. The maximum absolute atomic E-state index is 10.9. The Kier molecular flexibility index (Phi) is 4.35. The molecule has 1 aromatic carbocycles. The molecule has 1 rings (SSSR count). The van der Waals surface area contributed by atoms with E-state index in [4.69, 9.17) is 10.8 Å². The fourth-order valence-electron chi connectivity index (χ4n) is 1.09. The Hall–Kier alpha value is -0.580. The van der Waals surface area contributed by atoms with Crippen LogP contribution >= 0.6 is 45.2 Å². The average Bonchev–Trinajstić information content (AvgIpc) is 2.18. The van der Waals surface area contributed by atoms with Gasteiger partial charge < -0.3 is 16.2 Å². The van der Waals surface area contributed by atoms with Crippen molar-refractivity contribution >= 4 is 68.4 Å². The molecule has 0 heterocycles. The summed E-state index contributed by atoms with van der Waals surface area (Å²) in [5, 5.41) is 11.5. The Bertz CT molecular complexity index is 474. The number of carbonyl (C=O) groups excluding carboxylic acids is 1. The van der Waals surface area contributed by atoms with E-state index in [0.717, 1.165) is 0 Å². The van der Waals surface area contributed by atoms with Crippen molar-refractivity contribution < 1.29 is 14.7 Å². The third-order valence-electron chi connectivity index (χ3n) is 1.78. The number of anilines is 2. The van der Waals surface area contributed by atoms with Crippen LogP contribution in [0.5, 0.6) is 0 Å². The van der Waals surface area contributed by atoms with Crippen LogP contribution < -0.4 is 11.1 Å². The van der Waals surface area contributed by atoms with E-state index in [1.165, 1.54) is 13.0 Å². The number of aromatic carboxylic acids is 1. The molecule has 0 radical (unpaired) electrons. The van der Waals surface area contributed by atoms with E-state index in [9.17, 15) is 9.59 Å². The SMILES string of the molecule is CC(=O)Nc1cc(C(=O)O)c(I)c(N)c1I. The van der Waals surface area contributed by atoms with Crippen molar-refractivity contribution in [2.75, 3.05) is 11.1 Å². The van der Waals surface area contributed by atoms with E-state index < -0.39 is 5.97 Å². The number of nitrogen functional groups attached to an aromatic ring is 1. The molecule has 1 aromatic rings. The highest BCUT2D eigenvalue weighted by molar-refractivity contribution is 14.1. The molecule has 0 unspecified atom stereocenters. The number of benzene rings is 1. The minimum absolute atomic E-state index is 0.0854. The zero-order chi connectivity index (χ0) is 12.5. The lowest BCUT2D eigenvalue weighted by Gasteiger charge is -2.11. The number of carboxylic acid groups (broad SMARTS) is 1. The summed E-state index contributed by atoms with van der Waals surface area (Å²) in [6.45, 7) is 1.35. The Morgan fingerprint density at radius 2 is 1.94 bits per heavy atom. The van der Waals surface area contributed by atoms with Crippen LogP contribution in [0.1, 0.15) is 17.3 Å². The summed E-state index contributed by atoms with van der Waals surface area (Å²) >= 11 is 3.84. The van der Waals surface area contributed by atoms with Gasteiger partial charge in [-0.2, -0.15) is 0 Å². The summed E-state index contributed by atoms with van der Waals surface area (Å²) in [7, 11) is 0. The molecular weight excluding hydrogens is 438 g/mol. The molecule has 0 saturated heterocycles. The van der Waals surface area contributed by atoms with Crippen LogP contribution in [0.25, 0.3) is 0 Å². The van der Waals surface area contributed by atoms with E-state index in [-0.39, 0.29) is 11.5 Å². The maximum atomic E-state index is 10.9. The van der Waals surface area contributed by atoms with Gasteiger partial charge in [0.25, 0.3) is 0 Å². The normalized spacial score (nSPS) is 9.94. The number of carboxylic acids is 1. The van der Waals surface area contributed by atoms with Crippen LogP contribution in [-0.4, -0.2) is 17.0 Å².